The largest absolute Gasteiger partial charge is 0.370 e. The third kappa shape index (κ3) is 3.86. The van der Waals surface area contributed by atoms with Crippen molar-refractivity contribution in [3.63, 3.8) is 0 Å². The Morgan fingerprint density at radius 3 is 2.29 bits per heavy atom. The van der Waals surface area contributed by atoms with Crippen molar-refractivity contribution in [1.82, 2.24) is 9.97 Å². The van der Waals surface area contributed by atoms with Gasteiger partial charge in [0.2, 0.25) is 0 Å². The molecule has 4 nitrogen and oxygen atoms in total. The highest BCUT2D eigenvalue weighted by Crippen LogP contribution is 2.38. The van der Waals surface area contributed by atoms with Crippen LogP contribution in [0.1, 0.15) is 72.5 Å². The van der Waals surface area contributed by atoms with Crippen molar-refractivity contribution < 1.29 is 0 Å². The molecule has 0 unspecified atom stereocenters. The first-order valence-electron chi connectivity index (χ1n) is 8.30. The number of nitrogens with zero attached hydrogens (tertiary/aromatic N) is 2. The van der Waals surface area contributed by atoms with Crippen molar-refractivity contribution >= 4 is 11.6 Å². The molecule has 1 aromatic heterocycles. The van der Waals surface area contributed by atoms with Crippen LogP contribution in [0.3, 0.4) is 0 Å². The van der Waals surface area contributed by atoms with Gasteiger partial charge in [-0.25, -0.2) is 9.97 Å². The maximum atomic E-state index is 4.77. The van der Waals surface area contributed by atoms with Crippen LogP contribution in [0.2, 0.25) is 0 Å². The molecule has 118 valence electrons. The highest BCUT2D eigenvalue weighted by atomic mass is 15.1. The lowest BCUT2D eigenvalue weighted by atomic mass is 9.75. The summed E-state index contributed by atoms with van der Waals surface area (Å²) in [4.78, 5) is 9.44. The van der Waals surface area contributed by atoms with Gasteiger partial charge in [0.25, 0.3) is 0 Å². The van der Waals surface area contributed by atoms with E-state index in [1.54, 1.807) is 0 Å². The fourth-order valence-corrected chi connectivity index (χ4v) is 2.63. The zero-order valence-corrected chi connectivity index (χ0v) is 14.2. The monoisotopic (exact) mass is 290 g/mol. The molecule has 0 spiro atoms. The molecule has 1 heterocycles. The number of nitrogens with one attached hydrogen (secondary N) is 2. The van der Waals surface area contributed by atoms with Gasteiger partial charge in [-0.2, -0.15) is 0 Å². The summed E-state index contributed by atoms with van der Waals surface area (Å²) in [5, 5.41) is 7.08. The summed E-state index contributed by atoms with van der Waals surface area (Å²) >= 11 is 0. The number of hydrogen-bond donors (Lipinski definition) is 2. The fourth-order valence-electron chi connectivity index (χ4n) is 2.63. The predicted octanol–water partition coefficient (Wildman–Crippen LogP) is 4.34. The van der Waals surface area contributed by atoms with Gasteiger partial charge in [-0.1, -0.05) is 34.6 Å². The topological polar surface area (TPSA) is 49.8 Å². The molecule has 1 fully saturated rings. The molecule has 0 bridgehead atoms. The van der Waals surface area contributed by atoms with E-state index in [-0.39, 0.29) is 11.0 Å². The Balaban J connectivity index is 2.26. The Morgan fingerprint density at radius 1 is 1.14 bits per heavy atom. The van der Waals surface area contributed by atoms with E-state index in [0.717, 1.165) is 36.8 Å². The standard InChI is InChI=1S/C17H30N4/c1-6-11-18-13-12-14(20-15(19-13)16(3,4)5)21-17(7-2)9-8-10-17/h12H,6-11H2,1-5H3,(H2,18,19,20,21). The molecule has 2 N–H and O–H groups in total. The van der Waals surface area contributed by atoms with Crippen LogP contribution < -0.4 is 10.6 Å². The minimum absolute atomic E-state index is 0.0423. The highest BCUT2D eigenvalue weighted by Gasteiger charge is 2.35. The lowest BCUT2D eigenvalue weighted by Crippen LogP contribution is -2.44. The maximum absolute atomic E-state index is 4.77. The van der Waals surface area contributed by atoms with Crippen molar-refractivity contribution in [2.75, 3.05) is 17.2 Å². The second-order valence-electron chi connectivity index (χ2n) is 7.25. The molecule has 0 atom stereocenters. The van der Waals surface area contributed by atoms with Crippen LogP contribution in [0.4, 0.5) is 11.6 Å². The maximum Gasteiger partial charge on any atom is 0.138 e. The molecule has 2 rings (SSSR count). The van der Waals surface area contributed by atoms with Gasteiger partial charge in [-0.15, -0.1) is 0 Å². The molecule has 0 radical (unpaired) electrons. The fraction of sp³-hybridized carbons (Fsp3) is 0.765. The molecule has 1 saturated carbocycles. The van der Waals surface area contributed by atoms with Gasteiger partial charge in [-0.05, 0) is 32.1 Å². The number of hydrogen-bond acceptors (Lipinski definition) is 4. The van der Waals surface area contributed by atoms with Crippen molar-refractivity contribution in [3.05, 3.63) is 11.9 Å². The second kappa shape index (κ2) is 6.20. The molecule has 1 aliphatic carbocycles. The van der Waals surface area contributed by atoms with Gasteiger partial charge in [0.1, 0.15) is 17.5 Å². The van der Waals surface area contributed by atoms with E-state index >= 15 is 0 Å². The molecular formula is C17H30N4. The molecule has 0 amide bonds. The first-order chi connectivity index (χ1) is 9.88. The quantitative estimate of drug-likeness (QED) is 0.818. The zero-order chi connectivity index (χ0) is 15.5. The molecule has 0 aromatic carbocycles. The summed E-state index contributed by atoms with van der Waals surface area (Å²) in [6.07, 6.45) is 6.06. The Morgan fingerprint density at radius 2 is 1.81 bits per heavy atom. The van der Waals surface area contributed by atoms with Crippen LogP contribution in [0.25, 0.3) is 0 Å². The van der Waals surface area contributed by atoms with E-state index in [9.17, 15) is 0 Å². The van der Waals surface area contributed by atoms with Gasteiger partial charge in [0.05, 0.1) is 0 Å². The highest BCUT2D eigenvalue weighted by molar-refractivity contribution is 5.50. The van der Waals surface area contributed by atoms with Gasteiger partial charge in [0, 0.05) is 23.6 Å². The van der Waals surface area contributed by atoms with E-state index in [2.05, 4.69) is 56.3 Å². The van der Waals surface area contributed by atoms with Crippen LogP contribution in [0, 0.1) is 0 Å². The van der Waals surface area contributed by atoms with Crippen LogP contribution in [-0.4, -0.2) is 22.1 Å². The van der Waals surface area contributed by atoms with E-state index in [1.807, 2.05) is 0 Å². The molecule has 21 heavy (non-hydrogen) atoms. The van der Waals surface area contributed by atoms with Crippen LogP contribution in [0.15, 0.2) is 6.07 Å². The summed E-state index contributed by atoms with van der Waals surface area (Å²) in [6, 6.07) is 2.06. The third-order valence-corrected chi connectivity index (χ3v) is 4.33. The van der Waals surface area contributed by atoms with Gasteiger partial charge in [0.15, 0.2) is 0 Å². The average Bonchev–Trinajstić information content (AvgIpc) is 2.39. The van der Waals surface area contributed by atoms with Crippen LogP contribution in [0.5, 0.6) is 0 Å². The third-order valence-electron chi connectivity index (χ3n) is 4.33. The molecule has 1 aliphatic rings. The predicted molar refractivity (Wildman–Crippen MR) is 90.0 cm³/mol. The van der Waals surface area contributed by atoms with E-state index in [4.69, 9.17) is 4.98 Å². The van der Waals surface area contributed by atoms with Crippen molar-refractivity contribution in [2.45, 2.75) is 77.7 Å². The Hall–Kier alpha value is -1.32. The first-order valence-corrected chi connectivity index (χ1v) is 8.30. The van der Waals surface area contributed by atoms with Crippen LogP contribution >= 0.6 is 0 Å². The van der Waals surface area contributed by atoms with Crippen molar-refractivity contribution in [1.29, 1.82) is 0 Å². The number of anilines is 2. The Kier molecular flexibility index (Phi) is 4.74. The first kappa shape index (κ1) is 16.1. The lowest BCUT2D eigenvalue weighted by Gasteiger charge is -2.42. The van der Waals surface area contributed by atoms with Gasteiger partial charge >= 0.3 is 0 Å². The second-order valence-corrected chi connectivity index (χ2v) is 7.25. The smallest absolute Gasteiger partial charge is 0.138 e. The van der Waals surface area contributed by atoms with E-state index < -0.39 is 0 Å². The lowest BCUT2D eigenvalue weighted by molar-refractivity contribution is 0.268. The summed E-state index contributed by atoms with van der Waals surface area (Å²) in [5.41, 5.74) is 0.213. The average molecular weight is 290 g/mol. The van der Waals surface area contributed by atoms with Gasteiger partial charge in [-0.3, -0.25) is 0 Å². The van der Waals surface area contributed by atoms with E-state index in [0.29, 0.717) is 0 Å². The summed E-state index contributed by atoms with van der Waals surface area (Å²) in [6.45, 7) is 11.9. The molecule has 4 heteroatoms. The number of aromatic nitrogens is 2. The zero-order valence-electron chi connectivity index (χ0n) is 14.2. The van der Waals surface area contributed by atoms with Crippen molar-refractivity contribution in [2.24, 2.45) is 0 Å². The van der Waals surface area contributed by atoms with Crippen molar-refractivity contribution in [3.8, 4) is 0 Å². The molecular weight excluding hydrogens is 260 g/mol. The molecule has 1 aromatic rings. The van der Waals surface area contributed by atoms with E-state index in [1.165, 1.54) is 19.3 Å². The van der Waals surface area contributed by atoms with Crippen LogP contribution in [-0.2, 0) is 5.41 Å². The Labute approximate surface area is 129 Å². The normalized spacial score (nSPS) is 17.2. The Bertz CT molecular complexity index is 467. The summed E-state index contributed by atoms with van der Waals surface area (Å²) in [7, 11) is 0. The SMILES string of the molecule is CCCNc1cc(NC2(CC)CCC2)nc(C(C)(C)C)n1. The van der Waals surface area contributed by atoms with Gasteiger partial charge < -0.3 is 10.6 Å². The number of rotatable bonds is 6. The molecule has 0 saturated heterocycles. The summed E-state index contributed by atoms with van der Waals surface area (Å²) in [5.74, 6) is 2.80. The summed E-state index contributed by atoms with van der Waals surface area (Å²) < 4.78 is 0. The minimum Gasteiger partial charge on any atom is -0.370 e. The molecule has 0 aliphatic heterocycles. The minimum atomic E-state index is -0.0423.